The lowest BCUT2D eigenvalue weighted by atomic mass is 10.0. The number of nitrogens with one attached hydrogen (secondary N) is 2. The van der Waals surface area contributed by atoms with Gasteiger partial charge in [-0.2, -0.15) is 0 Å². The zero-order chi connectivity index (χ0) is 14.4. The van der Waals surface area contributed by atoms with E-state index in [-0.39, 0.29) is 0 Å². The van der Waals surface area contributed by atoms with Gasteiger partial charge in [-0.25, -0.2) is 0 Å². The van der Waals surface area contributed by atoms with E-state index in [0.29, 0.717) is 12.2 Å². The third-order valence-electron chi connectivity index (χ3n) is 3.95. The van der Waals surface area contributed by atoms with Crippen LogP contribution in [0, 0.1) is 16.0 Å². The van der Waals surface area contributed by atoms with E-state index in [4.69, 9.17) is 0 Å². The van der Waals surface area contributed by atoms with Crippen LogP contribution >= 0.6 is 0 Å². The monoisotopic (exact) mass is 279 g/mol. The number of H-pyrrole nitrogens is 1. The van der Waals surface area contributed by atoms with Crippen LogP contribution in [-0.4, -0.2) is 16.5 Å². The maximum atomic E-state index is 11.4. The minimum atomic E-state index is -0.661. The summed E-state index contributed by atoms with van der Waals surface area (Å²) in [6.07, 6.45) is 10.2. The summed E-state index contributed by atoms with van der Waals surface area (Å²) in [5.41, 5.74) is -0.756. The van der Waals surface area contributed by atoms with Crippen LogP contribution in [0.15, 0.2) is 17.1 Å². The second-order valence-corrected chi connectivity index (χ2v) is 5.40. The summed E-state index contributed by atoms with van der Waals surface area (Å²) in [6.45, 7) is 0.664. The summed E-state index contributed by atoms with van der Waals surface area (Å²) >= 11 is 0. The SMILES string of the molecule is O=c1[nH]ccc(NCCCCC2CCCC2)c1[N+](=O)[O-]. The molecule has 0 bridgehead atoms. The highest BCUT2D eigenvalue weighted by atomic mass is 16.6. The van der Waals surface area contributed by atoms with Crippen LogP contribution in [0.1, 0.15) is 44.9 Å². The number of hydrogen-bond donors (Lipinski definition) is 2. The highest BCUT2D eigenvalue weighted by molar-refractivity contribution is 5.59. The topological polar surface area (TPSA) is 88.0 Å². The lowest BCUT2D eigenvalue weighted by Crippen LogP contribution is -2.14. The Balaban J connectivity index is 1.77. The van der Waals surface area contributed by atoms with Gasteiger partial charge in [0.1, 0.15) is 5.69 Å². The molecule has 1 fully saturated rings. The maximum absolute atomic E-state index is 11.4. The summed E-state index contributed by atoms with van der Waals surface area (Å²) in [4.78, 5) is 23.9. The lowest BCUT2D eigenvalue weighted by molar-refractivity contribution is -0.385. The lowest BCUT2D eigenvalue weighted by Gasteiger charge is -2.09. The molecule has 1 heterocycles. The van der Waals surface area contributed by atoms with Crippen molar-refractivity contribution in [2.75, 3.05) is 11.9 Å². The predicted molar refractivity (Wildman–Crippen MR) is 78.0 cm³/mol. The Labute approximate surface area is 117 Å². The number of rotatable bonds is 7. The number of nitrogens with zero attached hydrogens (tertiary/aromatic N) is 1. The van der Waals surface area contributed by atoms with E-state index in [1.807, 2.05) is 0 Å². The molecule has 0 atom stereocenters. The predicted octanol–water partition coefficient (Wildman–Crippen LogP) is 3.06. The molecule has 1 aliphatic rings. The Morgan fingerprint density at radius 2 is 2.10 bits per heavy atom. The first-order valence-corrected chi connectivity index (χ1v) is 7.28. The molecule has 1 aromatic heterocycles. The molecular formula is C14H21N3O3. The van der Waals surface area contributed by atoms with E-state index in [1.54, 1.807) is 0 Å². The van der Waals surface area contributed by atoms with Gasteiger partial charge in [-0.15, -0.1) is 0 Å². The van der Waals surface area contributed by atoms with Gasteiger partial charge in [0.05, 0.1) is 4.92 Å². The molecule has 0 amide bonds. The highest BCUT2D eigenvalue weighted by Crippen LogP contribution is 2.28. The Morgan fingerprint density at radius 1 is 1.35 bits per heavy atom. The third-order valence-corrected chi connectivity index (χ3v) is 3.95. The van der Waals surface area contributed by atoms with Crippen molar-refractivity contribution >= 4 is 11.4 Å². The molecule has 6 heteroatoms. The van der Waals surface area contributed by atoms with Crippen LogP contribution in [0.3, 0.4) is 0 Å². The van der Waals surface area contributed by atoms with Gasteiger partial charge in [0.2, 0.25) is 0 Å². The van der Waals surface area contributed by atoms with Crippen molar-refractivity contribution in [1.29, 1.82) is 0 Å². The Morgan fingerprint density at radius 3 is 2.80 bits per heavy atom. The molecule has 110 valence electrons. The van der Waals surface area contributed by atoms with Crippen LogP contribution in [0.5, 0.6) is 0 Å². The average molecular weight is 279 g/mol. The second kappa shape index (κ2) is 7.07. The largest absolute Gasteiger partial charge is 0.379 e. The molecule has 1 saturated carbocycles. The van der Waals surface area contributed by atoms with Gasteiger partial charge in [0.15, 0.2) is 0 Å². The van der Waals surface area contributed by atoms with E-state index < -0.39 is 16.2 Å². The summed E-state index contributed by atoms with van der Waals surface area (Å²) < 4.78 is 0. The number of aromatic amines is 1. The first-order chi connectivity index (χ1) is 9.68. The smallest absolute Gasteiger partial charge is 0.356 e. The first-order valence-electron chi connectivity index (χ1n) is 7.28. The number of unbranched alkanes of at least 4 members (excludes halogenated alkanes) is 1. The molecule has 0 spiro atoms. The van der Waals surface area contributed by atoms with Crippen molar-refractivity contribution in [3.05, 3.63) is 32.7 Å². The van der Waals surface area contributed by atoms with E-state index in [2.05, 4.69) is 10.3 Å². The second-order valence-electron chi connectivity index (χ2n) is 5.40. The number of nitro groups is 1. The molecule has 1 aliphatic carbocycles. The van der Waals surface area contributed by atoms with Gasteiger partial charge >= 0.3 is 11.2 Å². The summed E-state index contributed by atoms with van der Waals surface area (Å²) in [6, 6.07) is 1.54. The standard InChI is InChI=1S/C14H21N3O3/c18-14-13(17(19)20)12(8-10-16-14)15-9-4-3-7-11-5-1-2-6-11/h8,10-11H,1-7,9H2,(H2,15,16,18). The van der Waals surface area contributed by atoms with Crippen LogP contribution < -0.4 is 10.9 Å². The van der Waals surface area contributed by atoms with E-state index in [1.165, 1.54) is 44.4 Å². The fraction of sp³-hybridized carbons (Fsp3) is 0.643. The molecule has 2 rings (SSSR count). The minimum absolute atomic E-state index is 0.305. The molecule has 0 radical (unpaired) electrons. The molecule has 6 nitrogen and oxygen atoms in total. The molecule has 2 N–H and O–H groups in total. The molecule has 0 aliphatic heterocycles. The maximum Gasteiger partial charge on any atom is 0.356 e. The fourth-order valence-electron chi connectivity index (χ4n) is 2.87. The van der Waals surface area contributed by atoms with Gasteiger partial charge in [0.25, 0.3) is 0 Å². The Bertz CT molecular complexity index is 507. The minimum Gasteiger partial charge on any atom is -0.379 e. The van der Waals surface area contributed by atoms with Gasteiger partial charge < -0.3 is 10.3 Å². The van der Waals surface area contributed by atoms with Gasteiger partial charge in [0, 0.05) is 12.7 Å². The van der Waals surface area contributed by atoms with Gasteiger partial charge in [-0.05, 0) is 18.4 Å². The van der Waals surface area contributed by atoms with Crippen molar-refractivity contribution in [3.8, 4) is 0 Å². The van der Waals surface area contributed by atoms with Crippen LogP contribution in [0.2, 0.25) is 0 Å². The normalized spacial score (nSPS) is 15.4. The Kier molecular flexibility index (Phi) is 5.15. The molecule has 0 unspecified atom stereocenters. The number of aromatic nitrogens is 1. The summed E-state index contributed by atoms with van der Waals surface area (Å²) in [7, 11) is 0. The van der Waals surface area contributed by atoms with Crippen LogP contribution in [-0.2, 0) is 0 Å². The average Bonchev–Trinajstić information content (AvgIpc) is 2.91. The molecule has 0 aromatic carbocycles. The molecule has 20 heavy (non-hydrogen) atoms. The number of hydrogen-bond acceptors (Lipinski definition) is 4. The van der Waals surface area contributed by atoms with E-state index in [0.717, 1.165) is 18.8 Å². The number of anilines is 1. The molecule has 1 aromatic rings. The van der Waals surface area contributed by atoms with Crippen molar-refractivity contribution in [1.82, 2.24) is 4.98 Å². The quantitative estimate of drug-likeness (QED) is 0.456. The van der Waals surface area contributed by atoms with Crippen molar-refractivity contribution < 1.29 is 4.92 Å². The number of pyridine rings is 1. The third kappa shape index (κ3) is 3.82. The summed E-state index contributed by atoms with van der Waals surface area (Å²) in [5.74, 6) is 0.879. The van der Waals surface area contributed by atoms with E-state index in [9.17, 15) is 14.9 Å². The summed E-state index contributed by atoms with van der Waals surface area (Å²) in [5, 5.41) is 13.9. The van der Waals surface area contributed by atoms with E-state index >= 15 is 0 Å². The van der Waals surface area contributed by atoms with Crippen molar-refractivity contribution in [3.63, 3.8) is 0 Å². The molecular weight excluding hydrogens is 258 g/mol. The van der Waals surface area contributed by atoms with Crippen LogP contribution in [0.4, 0.5) is 11.4 Å². The molecule has 0 saturated heterocycles. The zero-order valence-electron chi connectivity index (χ0n) is 11.6. The fourth-order valence-corrected chi connectivity index (χ4v) is 2.87. The highest BCUT2D eigenvalue weighted by Gasteiger charge is 2.18. The van der Waals surface area contributed by atoms with Gasteiger partial charge in [-0.3, -0.25) is 14.9 Å². The first kappa shape index (κ1) is 14.6. The van der Waals surface area contributed by atoms with Crippen molar-refractivity contribution in [2.24, 2.45) is 5.92 Å². The Hall–Kier alpha value is -1.85. The van der Waals surface area contributed by atoms with Crippen molar-refractivity contribution in [2.45, 2.75) is 44.9 Å². The van der Waals surface area contributed by atoms with Crippen LogP contribution in [0.25, 0.3) is 0 Å². The zero-order valence-corrected chi connectivity index (χ0v) is 11.6. The van der Waals surface area contributed by atoms with Gasteiger partial charge in [-0.1, -0.05) is 38.5 Å².